The number of benzene rings is 3. The number of aliphatic carboxylic acids is 1. The number of anilines is 2. The van der Waals surface area contributed by atoms with Crippen molar-refractivity contribution in [2.45, 2.75) is 51.9 Å². The number of ether oxygens (including phenoxy) is 1. The average molecular weight is 666 g/mol. The molecule has 1 aliphatic heterocycles. The van der Waals surface area contributed by atoms with Gasteiger partial charge in [0, 0.05) is 24.3 Å². The van der Waals surface area contributed by atoms with Gasteiger partial charge < -0.3 is 29.9 Å². The summed E-state index contributed by atoms with van der Waals surface area (Å²) >= 11 is 5.87. The molecular weight excluding hydrogens is 632 g/mol. The number of aromatic nitrogens is 2. The number of carbonyl (C=O) groups is 3. The lowest BCUT2D eigenvalue weighted by atomic mass is 9.91. The van der Waals surface area contributed by atoms with Gasteiger partial charge in [-0.2, -0.15) is 0 Å². The number of nitrogens with zero attached hydrogens (tertiary/aromatic N) is 3. The van der Waals surface area contributed by atoms with Crippen LogP contribution in [0.4, 0.5) is 25.1 Å². The molecule has 1 aromatic heterocycles. The highest BCUT2D eigenvalue weighted by Crippen LogP contribution is 2.34. The molecule has 2 heterocycles. The Bertz CT molecular complexity index is 1790. The second-order valence-electron chi connectivity index (χ2n) is 12.2. The van der Waals surface area contributed by atoms with Crippen molar-refractivity contribution in [3.63, 3.8) is 0 Å². The predicted octanol–water partition coefficient (Wildman–Crippen LogP) is 6.40. The van der Waals surface area contributed by atoms with Gasteiger partial charge in [-0.25, -0.2) is 18.6 Å². The lowest BCUT2D eigenvalue weighted by Gasteiger charge is -2.34. The van der Waals surface area contributed by atoms with E-state index in [1.165, 1.54) is 35.2 Å². The zero-order valence-electron chi connectivity index (χ0n) is 26.0. The van der Waals surface area contributed by atoms with Crippen molar-refractivity contribution in [2.24, 2.45) is 5.92 Å². The van der Waals surface area contributed by atoms with Crippen LogP contribution in [0.1, 0.15) is 32.2 Å². The van der Waals surface area contributed by atoms with E-state index in [0.29, 0.717) is 34.2 Å². The maximum Gasteiger partial charge on any atom is 0.408 e. The number of halogens is 3. The van der Waals surface area contributed by atoms with Gasteiger partial charge in [-0.05, 0) is 63.1 Å². The number of alkyl carbamates (subject to hydrolysis) is 1. The fourth-order valence-electron chi connectivity index (χ4n) is 5.38. The molecular formula is C34H34ClF2N5O5. The summed E-state index contributed by atoms with van der Waals surface area (Å²) in [7, 11) is 0. The highest BCUT2D eigenvalue weighted by molar-refractivity contribution is 6.30. The summed E-state index contributed by atoms with van der Waals surface area (Å²) in [6, 6.07) is 17.4. The molecule has 5 rings (SSSR count). The number of hydrogen-bond acceptors (Lipinski definition) is 6. The van der Waals surface area contributed by atoms with Crippen molar-refractivity contribution < 1.29 is 33.0 Å². The number of imidazole rings is 1. The Kier molecular flexibility index (Phi) is 9.80. The number of nitrogens with one attached hydrogen (secondary N) is 2. The molecule has 0 spiro atoms. The molecule has 0 saturated heterocycles. The molecule has 4 aromatic rings. The molecule has 2 amide bonds. The van der Waals surface area contributed by atoms with Crippen molar-refractivity contribution in [2.75, 3.05) is 11.9 Å². The van der Waals surface area contributed by atoms with E-state index in [4.69, 9.17) is 21.3 Å². The van der Waals surface area contributed by atoms with E-state index in [0.717, 1.165) is 0 Å². The Morgan fingerprint density at radius 1 is 1.02 bits per heavy atom. The Balaban J connectivity index is 1.49. The minimum Gasteiger partial charge on any atom is -0.481 e. The smallest absolute Gasteiger partial charge is 0.408 e. The van der Waals surface area contributed by atoms with E-state index >= 15 is 0 Å². The Morgan fingerprint density at radius 2 is 1.77 bits per heavy atom. The third-order valence-electron chi connectivity index (χ3n) is 7.52. The predicted molar refractivity (Wildman–Crippen MR) is 172 cm³/mol. The lowest BCUT2D eigenvalue weighted by Crippen LogP contribution is -2.56. The number of rotatable bonds is 9. The number of hydrogen-bond donors (Lipinski definition) is 3. The highest BCUT2D eigenvalue weighted by atomic mass is 35.5. The monoisotopic (exact) mass is 665 g/mol. The molecule has 0 bridgehead atoms. The molecule has 10 nitrogen and oxygen atoms in total. The first kappa shape index (κ1) is 33.4. The third-order valence-corrected chi connectivity index (χ3v) is 7.83. The number of amides is 2. The van der Waals surface area contributed by atoms with Crippen LogP contribution < -0.4 is 10.6 Å². The van der Waals surface area contributed by atoms with Crippen LogP contribution in [0.15, 0.2) is 72.8 Å². The zero-order valence-corrected chi connectivity index (χ0v) is 26.7. The van der Waals surface area contributed by atoms with E-state index in [2.05, 4.69) is 10.6 Å². The first-order chi connectivity index (χ1) is 22.3. The maximum absolute atomic E-state index is 14.3. The van der Waals surface area contributed by atoms with Crippen LogP contribution in [0, 0.1) is 17.6 Å². The number of carboxylic acid groups (broad SMARTS) is 1. The summed E-state index contributed by atoms with van der Waals surface area (Å²) in [4.78, 5) is 45.8. The van der Waals surface area contributed by atoms with Crippen LogP contribution >= 0.6 is 11.6 Å². The van der Waals surface area contributed by atoms with E-state index < -0.39 is 47.2 Å². The minimum absolute atomic E-state index is 0.0275. The van der Waals surface area contributed by atoms with Gasteiger partial charge in [0.25, 0.3) is 0 Å². The normalized spacial score (nSPS) is 14.1. The molecule has 2 atom stereocenters. The van der Waals surface area contributed by atoms with Crippen LogP contribution in [0.5, 0.6) is 0 Å². The molecule has 1 unspecified atom stereocenters. The second-order valence-corrected chi connectivity index (χ2v) is 12.6. The van der Waals surface area contributed by atoms with E-state index in [-0.39, 0.29) is 31.1 Å². The fraction of sp³-hybridized carbons (Fsp3) is 0.294. The highest BCUT2D eigenvalue weighted by Gasteiger charge is 2.40. The molecule has 246 valence electrons. The summed E-state index contributed by atoms with van der Waals surface area (Å²) < 4.78 is 35.8. The number of carboxylic acids is 1. The van der Waals surface area contributed by atoms with E-state index in [1.807, 2.05) is 0 Å². The van der Waals surface area contributed by atoms with Crippen LogP contribution in [0.2, 0.25) is 5.02 Å². The van der Waals surface area contributed by atoms with Gasteiger partial charge in [0.05, 0.1) is 17.5 Å². The fourth-order valence-corrected chi connectivity index (χ4v) is 5.49. The Morgan fingerprint density at radius 3 is 2.43 bits per heavy atom. The van der Waals surface area contributed by atoms with Crippen LogP contribution in [0.25, 0.3) is 11.3 Å². The summed E-state index contributed by atoms with van der Waals surface area (Å²) in [6.45, 7) is 5.25. The number of carbonyl (C=O) groups excluding carboxylic acids is 2. The molecule has 0 radical (unpaired) electrons. The van der Waals surface area contributed by atoms with Crippen molar-refractivity contribution in [3.8, 4) is 11.3 Å². The van der Waals surface area contributed by atoms with Gasteiger partial charge in [-0.1, -0.05) is 54.1 Å². The molecule has 0 aliphatic carbocycles. The maximum atomic E-state index is 14.3. The molecule has 3 aromatic carbocycles. The van der Waals surface area contributed by atoms with E-state index in [9.17, 15) is 28.3 Å². The quantitative estimate of drug-likeness (QED) is 0.189. The molecule has 1 aliphatic rings. The molecule has 0 fully saturated rings. The molecule has 0 saturated carbocycles. The average Bonchev–Trinajstić information content (AvgIpc) is 3.37. The summed E-state index contributed by atoms with van der Waals surface area (Å²) in [6.07, 6.45) is -0.955. The summed E-state index contributed by atoms with van der Waals surface area (Å²) in [5.41, 5.74) is 0.958. The topological polar surface area (TPSA) is 126 Å². The van der Waals surface area contributed by atoms with Gasteiger partial charge >= 0.3 is 12.1 Å². The molecule has 47 heavy (non-hydrogen) atoms. The van der Waals surface area contributed by atoms with Gasteiger partial charge in [0.2, 0.25) is 5.91 Å². The lowest BCUT2D eigenvalue weighted by molar-refractivity contribution is -0.148. The van der Waals surface area contributed by atoms with Gasteiger partial charge in [0.15, 0.2) is 0 Å². The van der Waals surface area contributed by atoms with Crippen LogP contribution in [0.3, 0.4) is 0 Å². The van der Waals surface area contributed by atoms with Crippen molar-refractivity contribution in [1.82, 2.24) is 19.8 Å². The Hall–Kier alpha value is -4.97. The largest absolute Gasteiger partial charge is 0.481 e. The first-order valence-electron chi connectivity index (χ1n) is 14.9. The SMILES string of the molecule is CC(C)(C)OC(=O)N[C@H](C(=O)N1CCn2c(nc(-c3cccc(F)c3)c2Nc2ccc(Cl)c(F)c2)C1)C(Cc1ccccc1)C(=O)O. The van der Waals surface area contributed by atoms with Crippen molar-refractivity contribution in [3.05, 3.63) is 101 Å². The molecule has 3 N–H and O–H groups in total. The van der Waals surface area contributed by atoms with Gasteiger partial charge in [-0.15, -0.1) is 0 Å². The summed E-state index contributed by atoms with van der Waals surface area (Å²) in [5, 5.41) is 15.9. The summed E-state index contributed by atoms with van der Waals surface area (Å²) in [5.74, 6) is -3.48. The van der Waals surface area contributed by atoms with Crippen LogP contribution in [-0.4, -0.2) is 55.7 Å². The third kappa shape index (κ3) is 8.07. The zero-order chi connectivity index (χ0) is 33.9. The van der Waals surface area contributed by atoms with Gasteiger partial charge in [-0.3, -0.25) is 9.59 Å². The van der Waals surface area contributed by atoms with Crippen molar-refractivity contribution >= 4 is 41.1 Å². The standard InChI is InChI=1S/C34H34ClF2N5O5/c1-34(2,3)47-33(46)40-29(24(32(44)45)16-20-8-5-4-6-9-20)31(43)41-14-15-42-27(19-41)39-28(21-10-7-11-22(36)17-21)30(42)38-23-12-13-25(35)26(37)18-23/h4-13,17-18,24,29,38H,14-16,19H2,1-3H3,(H,40,46)(H,44,45)/t24?,29-/m0/s1. The first-order valence-corrected chi connectivity index (χ1v) is 15.3. The van der Waals surface area contributed by atoms with Crippen LogP contribution in [-0.2, 0) is 33.8 Å². The Labute approximate surface area is 275 Å². The number of fused-ring (bicyclic) bond motifs is 1. The molecule has 13 heteroatoms. The second kappa shape index (κ2) is 13.8. The van der Waals surface area contributed by atoms with Crippen molar-refractivity contribution in [1.29, 1.82) is 0 Å². The minimum atomic E-state index is -1.47. The van der Waals surface area contributed by atoms with Gasteiger partial charge in [0.1, 0.15) is 40.6 Å². The van der Waals surface area contributed by atoms with E-state index in [1.54, 1.807) is 67.8 Å².